The number of nitrogens with zero attached hydrogens (tertiary/aromatic N) is 3. The van der Waals surface area contributed by atoms with Crippen LogP contribution in [0.1, 0.15) is 43.9 Å². The van der Waals surface area contributed by atoms with E-state index in [-0.39, 0.29) is 25.3 Å². The zero-order valence-electron chi connectivity index (χ0n) is 61.7. The summed E-state index contributed by atoms with van der Waals surface area (Å²) in [5, 5.41) is -3.90. The van der Waals surface area contributed by atoms with Gasteiger partial charge in [0, 0.05) is 0 Å². The molecule has 2 aliphatic rings. The Morgan fingerprint density at radius 1 is 0.383 bits per heavy atom. The van der Waals surface area contributed by atoms with Crippen LogP contribution in [0, 0.1) is 0 Å². The number of fused-ring (bicyclic) bond motifs is 13. The second-order valence-electron chi connectivity index (χ2n) is 13.6. The summed E-state index contributed by atoms with van der Waals surface area (Å²) in [4.78, 5) is 0. The van der Waals surface area contributed by atoms with Crippen LogP contribution in [0.15, 0.2) is 193 Å². The van der Waals surface area contributed by atoms with Crippen LogP contribution in [0.25, 0.3) is 82.5 Å². The van der Waals surface area contributed by atoms with Crippen molar-refractivity contribution in [3.05, 3.63) is 193 Å². The van der Waals surface area contributed by atoms with Gasteiger partial charge in [-0.2, -0.15) is 0 Å². The average Bonchev–Trinajstić information content (AvgIpc) is 1.43. The first-order valence-corrected chi connectivity index (χ1v) is 19.7. The van der Waals surface area contributed by atoms with Crippen molar-refractivity contribution < 1.29 is 48.6 Å². The fourth-order valence-corrected chi connectivity index (χ4v) is 10.5. The maximum atomic E-state index is 11.0. The molecule has 0 radical (unpaired) electrons. The van der Waals surface area contributed by atoms with Crippen molar-refractivity contribution in [3.63, 3.8) is 0 Å². The van der Waals surface area contributed by atoms with E-state index in [2.05, 4.69) is 0 Å². The van der Waals surface area contributed by atoms with E-state index in [1.165, 1.54) is 0 Å². The molecule has 9 aromatic carbocycles. The molecular weight excluding hydrogens is 796 g/mol. The second kappa shape index (κ2) is 12.2. The molecule has 3 aromatic heterocycles. The van der Waals surface area contributed by atoms with E-state index in [1.54, 1.807) is 0 Å². The summed E-state index contributed by atoms with van der Waals surface area (Å²) in [5.74, 6) is -1.24. The van der Waals surface area contributed by atoms with Crippen LogP contribution in [-0.2, 0) is 0 Å². The van der Waals surface area contributed by atoms with Crippen molar-refractivity contribution in [3.8, 4) is 28.6 Å². The predicted molar refractivity (Wildman–Crippen MR) is 252 cm³/mol. The van der Waals surface area contributed by atoms with Gasteiger partial charge in [0.05, 0.1) is 11.0 Å². The molecule has 0 saturated heterocycles. The number of para-hydroxylation sites is 6. The molecular formula is C54H32BN3OSe. The van der Waals surface area contributed by atoms with Gasteiger partial charge in [0.2, 0.25) is 0 Å². The minimum absolute atomic E-state index is 0.127. The molecule has 0 fully saturated rings. The van der Waals surface area contributed by atoms with Crippen molar-refractivity contribution in [2.75, 3.05) is 0 Å². The number of aromatic nitrogens is 3. The third kappa shape index (κ3) is 4.36. The average molecular weight is 861 g/mol. The van der Waals surface area contributed by atoms with E-state index < -0.39 is 309 Å². The third-order valence-corrected chi connectivity index (χ3v) is 12.8. The van der Waals surface area contributed by atoms with Gasteiger partial charge in [-0.05, 0) is 0 Å². The molecule has 0 unspecified atom stereocenters. The van der Waals surface area contributed by atoms with E-state index in [0.717, 1.165) is 13.7 Å². The molecule has 60 heavy (non-hydrogen) atoms. The molecule has 0 atom stereocenters. The van der Waals surface area contributed by atoms with Gasteiger partial charge >= 0.3 is 374 Å². The molecule has 0 amide bonds. The summed E-state index contributed by atoms with van der Waals surface area (Å²) in [6.45, 7) is -1.63. The Labute approximate surface area is 396 Å². The molecule has 2 aliphatic heterocycles. The monoisotopic (exact) mass is 861 g/mol. The number of rotatable bonds is 3. The zero-order valence-corrected chi connectivity index (χ0v) is 31.4. The van der Waals surface area contributed by atoms with E-state index in [4.69, 9.17) is 25.3 Å². The van der Waals surface area contributed by atoms with Gasteiger partial charge in [0.15, 0.2) is 0 Å². The Kier molecular flexibility index (Phi) is 3.00. The summed E-state index contributed by atoms with van der Waals surface area (Å²) in [6, 6.07) is -29.0. The molecule has 14 rings (SSSR count). The van der Waals surface area contributed by atoms with Crippen LogP contribution >= 0.6 is 0 Å². The molecule has 4 nitrogen and oxygen atoms in total. The molecule has 278 valence electrons. The Balaban J connectivity index is 1.31. The molecule has 6 heteroatoms. The fourth-order valence-electron chi connectivity index (χ4n) is 8.27. The number of hydrogen-bond donors (Lipinski definition) is 0. The molecule has 0 saturated carbocycles. The molecule has 0 aliphatic carbocycles. The Bertz CT molecular complexity index is 5440. The molecule has 5 heterocycles. The second-order valence-corrected chi connectivity index (χ2v) is 15.7. The fraction of sp³-hybridized carbons (Fsp3) is 0. The van der Waals surface area contributed by atoms with Crippen molar-refractivity contribution in [1.29, 1.82) is 0 Å². The van der Waals surface area contributed by atoms with Crippen LogP contribution in [0.4, 0.5) is 0 Å². The predicted octanol–water partition coefficient (Wildman–Crippen LogP) is 9.57. The quantitative estimate of drug-likeness (QED) is 0.163. The summed E-state index contributed by atoms with van der Waals surface area (Å²) >= 11 is -1.50. The summed E-state index contributed by atoms with van der Waals surface area (Å²) < 4.78 is 307. The van der Waals surface area contributed by atoms with E-state index in [1.807, 2.05) is 0 Å². The normalized spacial score (nSPS) is 20.5. The van der Waals surface area contributed by atoms with Crippen LogP contribution in [0.3, 0.4) is 0 Å². The van der Waals surface area contributed by atoms with Crippen LogP contribution in [0.5, 0.6) is 11.5 Å². The first kappa shape index (κ1) is 14.8. The van der Waals surface area contributed by atoms with Crippen molar-refractivity contribution >= 4 is 112 Å². The van der Waals surface area contributed by atoms with Crippen LogP contribution < -0.4 is 30.0 Å². The van der Waals surface area contributed by atoms with Crippen molar-refractivity contribution in [2.24, 2.45) is 0 Å². The summed E-state index contributed by atoms with van der Waals surface area (Å²) in [5.41, 5.74) is -7.90. The van der Waals surface area contributed by atoms with Crippen molar-refractivity contribution in [2.45, 2.75) is 0 Å². The van der Waals surface area contributed by atoms with Gasteiger partial charge in [0.25, 0.3) is 0 Å². The zero-order chi connectivity index (χ0) is 66.9. The SMILES string of the molecule is [2H]c1c([2H])c([2H])c2c(c1[2H])Oc1c([2H])c(-n3c4c([2H])c([2H])c([2H])c([2H])c4c4c([2H])c(-n5c6c([2H])c([2H])c([2H])c([2H])c6c6c([2H])c([2H])c([2H])c([2H])c65)c(-n5c6c([2H])c([2H])c([2H])c([2H])c6c6c([2H])c([2H])c([2H])c([2H])c65)c([2H])c43)c([2H])c3c1B2c1c([2H])c([2H])c([2H])c([2H])c1[Se]3. The van der Waals surface area contributed by atoms with Gasteiger partial charge in [-0.3, -0.25) is 0 Å². The Morgan fingerprint density at radius 3 is 1.45 bits per heavy atom. The van der Waals surface area contributed by atoms with Gasteiger partial charge < -0.3 is 0 Å². The standard InChI is InChI=1S/C54H32BN3OSe/c1-9-23-43-34(15-1)35-16-2-10-24-44(35)57(43)48-31-39-38-19-5-8-22-42(38)56(47(39)32-49(48)58-45-25-11-3-17-36(45)37-18-4-12-26-46(37)58)33-29-51-54-53(30-33)60-52-28-14-7-21-41(52)55(54)40-20-6-13-27-50(40)59-51/h1-32H/i1D,2D,3D,4D,5D,6D,7D,8D,9D,10D,11D,12D,13D,14D,15D,16D,17D,18D,19D,20D,21D,22D,23D,24D,25D,26D,27D,28D,29D,30D,31D,32D. The summed E-state index contributed by atoms with van der Waals surface area (Å²) in [6.07, 6.45) is 0. The maximum absolute atomic E-state index is 11.0. The van der Waals surface area contributed by atoms with Crippen LogP contribution in [-0.4, -0.2) is 35.4 Å². The molecule has 0 spiro atoms. The number of hydrogen-bond acceptors (Lipinski definition) is 1. The van der Waals surface area contributed by atoms with Gasteiger partial charge in [0.1, 0.15) is 0 Å². The first-order valence-electron chi connectivity index (χ1n) is 33.9. The minimum atomic E-state index is -1.63. The Hall–Kier alpha value is -7.24. The topological polar surface area (TPSA) is 24.0 Å². The van der Waals surface area contributed by atoms with Gasteiger partial charge in [-0.15, -0.1) is 0 Å². The summed E-state index contributed by atoms with van der Waals surface area (Å²) in [7, 11) is 0. The Morgan fingerprint density at radius 2 is 0.850 bits per heavy atom. The first-order chi connectivity index (χ1) is 43.1. The van der Waals surface area contributed by atoms with E-state index >= 15 is 0 Å². The molecule has 0 N–H and O–H groups in total. The van der Waals surface area contributed by atoms with Gasteiger partial charge in [-0.1, -0.05) is 12.1 Å². The van der Waals surface area contributed by atoms with Gasteiger partial charge in [-0.25, -0.2) is 0 Å². The number of benzene rings is 9. The third-order valence-electron chi connectivity index (χ3n) is 10.6. The molecule has 12 aromatic rings. The molecule has 0 bridgehead atoms. The van der Waals surface area contributed by atoms with Crippen molar-refractivity contribution in [1.82, 2.24) is 13.7 Å². The van der Waals surface area contributed by atoms with Crippen LogP contribution in [0.2, 0.25) is 0 Å². The number of ether oxygens (including phenoxy) is 1. The van der Waals surface area contributed by atoms with E-state index in [9.17, 15) is 23.3 Å². The van der Waals surface area contributed by atoms with E-state index in [0.29, 0.717) is 0 Å².